The summed E-state index contributed by atoms with van der Waals surface area (Å²) in [4.78, 5) is 11.9. The zero-order chi connectivity index (χ0) is 11.8. The van der Waals surface area contributed by atoms with Crippen LogP contribution in [0.3, 0.4) is 0 Å². The van der Waals surface area contributed by atoms with Crippen molar-refractivity contribution in [2.24, 2.45) is 0 Å². The van der Waals surface area contributed by atoms with Crippen molar-refractivity contribution in [3.63, 3.8) is 0 Å². The van der Waals surface area contributed by atoms with Gasteiger partial charge in [0, 0.05) is 12.1 Å². The molecule has 1 aliphatic heterocycles. The van der Waals surface area contributed by atoms with Crippen LogP contribution >= 0.6 is 0 Å². The van der Waals surface area contributed by atoms with Crippen LogP contribution in [-0.2, 0) is 11.3 Å². The molecule has 1 aromatic carbocycles. The highest BCUT2D eigenvalue weighted by Crippen LogP contribution is 2.24. The molecular formula is C13H18N2O. The zero-order valence-electron chi connectivity index (χ0n) is 10.0. The molecule has 2 N–H and O–H groups in total. The molecule has 16 heavy (non-hydrogen) atoms. The number of fused-ring (bicyclic) bond motifs is 1. The zero-order valence-corrected chi connectivity index (χ0v) is 10.0. The van der Waals surface area contributed by atoms with E-state index in [1.54, 1.807) is 0 Å². The van der Waals surface area contributed by atoms with Crippen LogP contribution in [0, 0.1) is 0 Å². The summed E-state index contributed by atoms with van der Waals surface area (Å²) in [6.45, 7) is 6.84. The van der Waals surface area contributed by atoms with Crippen molar-refractivity contribution in [1.82, 2.24) is 10.6 Å². The largest absolute Gasteiger partial charge is 0.350 e. The van der Waals surface area contributed by atoms with Gasteiger partial charge in [-0.2, -0.15) is 0 Å². The van der Waals surface area contributed by atoms with Gasteiger partial charge in [-0.1, -0.05) is 24.3 Å². The standard InChI is InChI=1S/C13H18N2O/c1-13(2,3)15-11-10-7-5-4-6-9(10)8-14-12(11)16/h4-7,11,15H,8H2,1-3H3,(H,14,16). The van der Waals surface area contributed by atoms with E-state index in [1.165, 1.54) is 5.56 Å². The fourth-order valence-electron chi connectivity index (χ4n) is 1.98. The number of nitrogens with one attached hydrogen (secondary N) is 2. The van der Waals surface area contributed by atoms with E-state index in [0.29, 0.717) is 6.54 Å². The third-order valence-electron chi connectivity index (χ3n) is 2.66. The van der Waals surface area contributed by atoms with Gasteiger partial charge in [0.05, 0.1) is 0 Å². The molecule has 3 nitrogen and oxygen atoms in total. The molecule has 1 unspecified atom stereocenters. The molecular weight excluding hydrogens is 200 g/mol. The lowest BCUT2D eigenvalue weighted by Crippen LogP contribution is -2.48. The Kier molecular flexibility index (Phi) is 2.72. The van der Waals surface area contributed by atoms with Gasteiger partial charge in [-0.3, -0.25) is 10.1 Å². The van der Waals surface area contributed by atoms with Gasteiger partial charge in [0.1, 0.15) is 6.04 Å². The second-order valence-electron chi connectivity index (χ2n) is 5.24. The van der Waals surface area contributed by atoms with Gasteiger partial charge >= 0.3 is 0 Å². The summed E-state index contributed by atoms with van der Waals surface area (Å²) in [5.41, 5.74) is 2.22. The molecule has 1 aromatic rings. The number of carbonyl (C=O) groups is 1. The van der Waals surface area contributed by atoms with Crippen LogP contribution in [0.25, 0.3) is 0 Å². The molecule has 0 bridgehead atoms. The highest BCUT2D eigenvalue weighted by molar-refractivity contribution is 5.85. The maximum Gasteiger partial charge on any atom is 0.242 e. The Morgan fingerprint density at radius 2 is 2.00 bits per heavy atom. The molecule has 1 atom stereocenters. The van der Waals surface area contributed by atoms with Crippen molar-refractivity contribution in [3.8, 4) is 0 Å². The lowest BCUT2D eigenvalue weighted by molar-refractivity contribution is -0.124. The summed E-state index contributed by atoms with van der Waals surface area (Å²) in [6.07, 6.45) is 0. The normalized spacial score (nSPS) is 20.2. The Hall–Kier alpha value is -1.35. The van der Waals surface area contributed by atoms with Crippen LogP contribution in [-0.4, -0.2) is 11.4 Å². The van der Waals surface area contributed by atoms with Crippen molar-refractivity contribution >= 4 is 5.91 Å². The molecule has 0 fully saturated rings. The first-order valence-corrected chi connectivity index (χ1v) is 5.60. The Bertz CT molecular complexity index is 407. The maximum atomic E-state index is 11.9. The summed E-state index contributed by atoms with van der Waals surface area (Å²) >= 11 is 0. The third-order valence-corrected chi connectivity index (χ3v) is 2.66. The molecule has 3 heteroatoms. The van der Waals surface area contributed by atoms with E-state index in [9.17, 15) is 4.79 Å². The summed E-state index contributed by atoms with van der Waals surface area (Å²) in [5.74, 6) is 0.0635. The van der Waals surface area contributed by atoms with Gasteiger partial charge in [0.15, 0.2) is 0 Å². The van der Waals surface area contributed by atoms with Crippen molar-refractivity contribution in [3.05, 3.63) is 35.4 Å². The second-order valence-corrected chi connectivity index (χ2v) is 5.24. The smallest absolute Gasteiger partial charge is 0.242 e. The van der Waals surface area contributed by atoms with Crippen LogP contribution in [0.4, 0.5) is 0 Å². The molecule has 0 aromatic heterocycles. The van der Waals surface area contributed by atoms with E-state index < -0.39 is 0 Å². The van der Waals surface area contributed by atoms with E-state index in [2.05, 4.69) is 37.5 Å². The number of carbonyl (C=O) groups excluding carboxylic acids is 1. The number of amides is 1. The van der Waals surface area contributed by atoms with Crippen LogP contribution < -0.4 is 10.6 Å². The average molecular weight is 218 g/mol. The van der Waals surface area contributed by atoms with Crippen molar-refractivity contribution in [2.45, 2.75) is 38.9 Å². The summed E-state index contributed by atoms with van der Waals surface area (Å²) in [5, 5.41) is 6.26. The predicted octanol–water partition coefficient (Wildman–Crippen LogP) is 1.75. The SMILES string of the molecule is CC(C)(C)NC1C(=O)NCc2ccccc21. The number of hydrogen-bond acceptors (Lipinski definition) is 2. The Morgan fingerprint density at radius 3 is 2.69 bits per heavy atom. The highest BCUT2D eigenvalue weighted by atomic mass is 16.2. The molecule has 0 saturated carbocycles. The fraction of sp³-hybridized carbons (Fsp3) is 0.462. The summed E-state index contributed by atoms with van der Waals surface area (Å²) in [6, 6.07) is 7.84. The van der Waals surface area contributed by atoms with Crippen LogP contribution in [0.5, 0.6) is 0 Å². The lowest BCUT2D eigenvalue weighted by atomic mass is 9.94. The monoisotopic (exact) mass is 218 g/mol. The van der Waals surface area contributed by atoms with Crippen molar-refractivity contribution < 1.29 is 4.79 Å². The van der Waals surface area contributed by atoms with E-state index in [1.807, 2.05) is 18.2 Å². The quantitative estimate of drug-likeness (QED) is 0.754. The van der Waals surface area contributed by atoms with E-state index in [0.717, 1.165) is 5.56 Å². The van der Waals surface area contributed by atoms with Gasteiger partial charge in [-0.25, -0.2) is 0 Å². The first-order chi connectivity index (χ1) is 7.47. The summed E-state index contributed by atoms with van der Waals surface area (Å²) < 4.78 is 0. The molecule has 1 heterocycles. The first-order valence-electron chi connectivity index (χ1n) is 5.60. The van der Waals surface area contributed by atoms with Gasteiger partial charge in [-0.05, 0) is 31.9 Å². The van der Waals surface area contributed by atoms with E-state index >= 15 is 0 Å². The Labute approximate surface area is 96.2 Å². The minimum absolute atomic E-state index is 0.0635. The number of benzene rings is 1. The predicted molar refractivity (Wildman–Crippen MR) is 63.9 cm³/mol. The van der Waals surface area contributed by atoms with Gasteiger partial charge < -0.3 is 5.32 Å². The Balaban J connectivity index is 2.33. The lowest BCUT2D eigenvalue weighted by Gasteiger charge is -2.32. The van der Waals surface area contributed by atoms with E-state index in [4.69, 9.17) is 0 Å². The van der Waals surface area contributed by atoms with Gasteiger partial charge in [-0.15, -0.1) is 0 Å². The van der Waals surface area contributed by atoms with Crippen LogP contribution in [0.2, 0.25) is 0 Å². The third kappa shape index (κ3) is 2.25. The molecule has 86 valence electrons. The maximum absolute atomic E-state index is 11.9. The second kappa shape index (κ2) is 3.91. The number of rotatable bonds is 1. The van der Waals surface area contributed by atoms with E-state index in [-0.39, 0.29) is 17.5 Å². The molecule has 2 rings (SSSR count). The fourth-order valence-corrected chi connectivity index (χ4v) is 1.98. The highest BCUT2D eigenvalue weighted by Gasteiger charge is 2.29. The molecule has 0 radical (unpaired) electrons. The molecule has 0 spiro atoms. The average Bonchev–Trinajstić information content (AvgIpc) is 2.21. The summed E-state index contributed by atoms with van der Waals surface area (Å²) in [7, 11) is 0. The minimum atomic E-state index is -0.232. The molecule has 1 aliphatic rings. The van der Waals surface area contributed by atoms with Gasteiger partial charge in [0.2, 0.25) is 5.91 Å². The minimum Gasteiger partial charge on any atom is -0.350 e. The first kappa shape index (κ1) is 11.1. The van der Waals surface area contributed by atoms with Crippen molar-refractivity contribution in [1.29, 1.82) is 0 Å². The molecule has 0 saturated heterocycles. The Morgan fingerprint density at radius 1 is 1.31 bits per heavy atom. The molecule has 1 amide bonds. The van der Waals surface area contributed by atoms with Crippen LogP contribution in [0.1, 0.15) is 37.9 Å². The van der Waals surface area contributed by atoms with Crippen molar-refractivity contribution in [2.75, 3.05) is 0 Å². The molecule has 0 aliphatic carbocycles. The topological polar surface area (TPSA) is 41.1 Å². The van der Waals surface area contributed by atoms with Gasteiger partial charge in [0.25, 0.3) is 0 Å². The van der Waals surface area contributed by atoms with Crippen LogP contribution in [0.15, 0.2) is 24.3 Å². The number of hydrogen-bond donors (Lipinski definition) is 2.